The third-order valence-electron chi connectivity index (χ3n) is 3.84. The van der Waals surface area contributed by atoms with Crippen molar-refractivity contribution in [3.63, 3.8) is 0 Å². The molecule has 0 aliphatic heterocycles. The predicted molar refractivity (Wildman–Crippen MR) is 101 cm³/mol. The largest absolute Gasteiger partial charge is 0.465 e. The second-order valence-electron chi connectivity index (χ2n) is 5.78. The lowest BCUT2D eigenvalue weighted by molar-refractivity contribution is -0.129. The molecule has 0 atom stereocenters. The summed E-state index contributed by atoms with van der Waals surface area (Å²) in [6.45, 7) is 2.09. The average Bonchev–Trinajstić information content (AvgIpc) is 2.66. The van der Waals surface area contributed by atoms with Crippen LogP contribution in [-0.4, -0.2) is 41.3 Å². The van der Waals surface area contributed by atoms with Crippen LogP contribution in [0, 0.1) is 0 Å². The van der Waals surface area contributed by atoms with E-state index in [1.165, 1.54) is 32.2 Å². The second-order valence-corrected chi connectivity index (χ2v) is 6.19. The summed E-state index contributed by atoms with van der Waals surface area (Å²) in [5, 5.41) is 2.96. The summed E-state index contributed by atoms with van der Waals surface area (Å²) in [7, 11) is 1.27. The maximum absolute atomic E-state index is 12.3. The van der Waals surface area contributed by atoms with Crippen molar-refractivity contribution < 1.29 is 19.1 Å². The number of aromatic nitrogens is 1. The molecule has 27 heavy (non-hydrogen) atoms. The number of ether oxygens (including phenoxy) is 1. The van der Waals surface area contributed by atoms with Crippen molar-refractivity contribution >= 4 is 35.1 Å². The number of hydrogen-bond donors (Lipinski definition) is 1. The highest BCUT2D eigenvalue weighted by Crippen LogP contribution is 2.23. The molecule has 0 saturated heterocycles. The first-order valence-electron chi connectivity index (χ1n) is 8.23. The van der Waals surface area contributed by atoms with Crippen LogP contribution in [0.5, 0.6) is 0 Å². The smallest absolute Gasteiger partial charge is 0.337 e. The van der Waals surface area contributed by atoms with Crippen LogP contribution in [0.2, 0.25) is 5.02 Å². The molecule has 2 amide bonds. The summed E-state index contributed by atoms with van der Waals surface area (Å²) < 4.78 is 4.65. The van der Waals surface area contributed by atoms with E-state index < -0.39 is 5.97 Å². The monoisotopic (exact) mass is 389 g/mol. The summed E-state index contributed by atoms with van der Waals surface area (Å²) in [5.41, 5.74) is 1.52. The molecule has 1 heterocycles. The van der Waals surface area contributed by atoms with Crippen LogP contribution in [0.3, 0.4) is 0 Å². The molecule has 1 N–H and O–H groups in total. The van der Waals surface area contributed by atoms with E-state index in [0.29, 0.717) is 17.3 Å². The number of nitrogens with one attached hydrogen (secondary N) is 1. The number of rotatable bonds is 7. The van der Waals surface area contributed by atoms with Gasteiger partial charge in [0.05, 0.1) is 23.4 Å². The lowest BCUT2D eigenvalue weighted by Gasteiger charge is -2.21. The highest BCUT2D eigenvalue weighted by atomic mass is 35.5. The van der Waals surface area contributed by atoms with Crippen LogP contribution in [-0.2, 0) is 20.9 Å². The van der Waals surface area contributed by atoms with Gasteiger partial charge >= 0.3 is 5.97 Å². The molecular weight excluding hydrogens is 370 g/mol. The molecule has 1 aromatic carbocycles. The standard InChI is InChI=1S/C19H20ClN3O4/c1-13(24)23(12-14-5-8-21-9-6-14)10-7-18(25)22-17-11-15(19(26)27-2)3-4-16(17)20/h3-6,8-9,11H,7,10,12H2,1-2H3,(H,22,25). The quantitative estimate of drug-likeness (QED) is 0.735. The number of amides is 2. The van der Waals surface area contributed by atoms with Gasteiger partial charge in [-0.2, -0.15) is 0 Å². The Kier molecular flexibility index (Phi) is 7.31. The molecule has 0 fully saturated rings. The Morgan fingerprint density at radius 1 is 1.19 bits per heavy atom. The maximum Gasteiger partial charge on any atom is 0.337 e. The van der Waals surface area contributed by atoms with Crippen LogP contribution >= 0.6 is 11.6 Å². The van der Waals surface area contributed by atoms with Gasteiger partial charge in [0.1, 0.15) is 0 Å². The van der Waals surface area contributed by atoms with Crippen LogP contribution in [0.1, 0.15) is 29.3 Å². The Hall–Kier alpha value is -2.93. The van der Waals surface area contributed by atoms with E-state index in [4.69, 9.17) is 11.6 Å². The first-order valence-corrected chi connectivity index (χ1v) is 8.60. The number of carbonyl (C=O) groups is 3. The SMILES string of the molecule is COC(=O)c1ccc(Cl)c(NC(=O)CCN(Cc2ccncc2)C(C)=O)c1. The van der Waals surface area contributed by atoms with Crippen molar-refractivity contribution in [2.45, 2.75) is 19.9 Å². The summed E-state index contributed by atoms with van der Waals surface area (Å²) in [6, 6.07) is 8.10. The van der Waals surface area contributed by atoms with Gasteiger partial charge in [-0.25, -0.2) is 4.79 Å². The molecule has 0 radical (unpaired) electrons. The summed E-state index contributed by atoms with van der Waals surface area (Å²) in [6.07, 6.45) is 3.39. The van der Waals surface area contributed by atoms with Crippen molar-refractivity contribution in [1.29, 1.82) is 0 Å². The van der Waals surface area contributed by atoms with Gasteiger partial charge in [0.2, 0.25) is 11.8 Å². The number of hydrogen-bond acceptors (Lipinski definition) is 5. The number of halogens is 1. The molecule has 1 aromatic heterocycles. The minimum absolute atomic E-state index is 0.0868. The minimum Gasteiger partial charge on any atom is -0.465 e. The molecule has 0 spiro atoms. The van der Waals surface area contributed by atoms with E-state index in [1.54, 1.807) is 17.3 Å². The Labute approximate surface area is 162 Å². The Bertz CT molecular complexity index is 827. The van der Waals surface area contributed by atoms with Crippen molar-refractivity contribution in [2.24, 2.45) is 0 Å². The highest BCUT2D eigenvalue weighted by Gasteiger charge is 2.14. The molecule has 8 heteroatoms. The number of anilines is 1. The highest BCUT2D eigenvalue weighted by molar-refractivity contribution is 6.33. The third-order valence-corrected chi connectivity index (χ3v) is 4.17. The number of benzene rings is 1. The van der Waals surface area contributed by atoms with E-state index in [1.807, 2.05) is 12.1 Å². The van der Waals surface area contributed by atoms with Gasteiger partial charge in [-0.1, -0.05) is 11.6 Å². The van der Waals surface area contributed by atoms with Gasteiger partial charge in [0, 0.05) is 38.8 Å². The van der Waals surface area contributed by atoms with Crippen LogP contribution in [0.4, 0.5) is 5.69 Å². The fraction of sp³-hybridized carbons (Fsp3) is 0.263. The predicted octanol–water partition coefficient (Wildman–Crippen LogP) is 2.90. The Morgan fingerprint density at radius 2 is 1.89 bits per heavy atom. The zero-order valence-corrected chi connectivity index (χ0v) is 15.8. The average molecular weight is 390 g/mol. The van der Waals surface area contributed by atoms with E-state index >= 15 is 0 Å². The zero-order valence-electron chi connectivity index (χ0n) is 15.1. The first kappa shape index (κ1) is 20.4. The summed E-state index contributed by atoms with van der Waals surface area (Å²) in [4.78, 5) is 41.2. The fourth-order valence-corrected chi connectivity index (χ4v) is 2.54. The van der Waals surface area contributed by atoms with Gasteiger partial charge in [-0.05, 0) is 35.9 Å². The molecule has 2 aromatic rings. The number of nitrogens with zero attached hydrogens (tertiary/aromatic N) is 2. The van der Waals surface area contributed by atoms with Gasteiger partial charge in [0.15, 0.2) is 0 Å². The number of esters is 1. The van der Waals surface area contributed by atoms with Crippen molar-refractivity contribution in [3.05, 3.63) is 58.9 Å². The third kappa shape index (κ3) is 6.07. The minimum atomic E-state index is -0.526. The van der Waals surface area contributed by atoms with E-state index in [2.05, 4.69) is 15.0 Å². The van der Waals surface area contributed by atoms with Crippen molar-refractivity contribution in [3.8, 4) is 0 Å². The molecule has 0 aliphatic carbocycles. The van der Waals surface area contributed by atoms with Crippen LogP contribution in [0.25, 0.3) is 0 Å². The maximum atomic E-state index is 12.3. The van der Waals surface area contributed by atoms with Crippen LogP contribution in [0.15, 0.2) is 42.7 Å². The van der Waals surface area contributed by atoms with E-state index in [9.17, 15) is 14.4 Å². The molecular formula is C19H20ClN3O4. The molecule has 0 unspecified atom stereocenters. The molecule has 2 rings (SSSR count). The van der Waals surface area contributed by atoms with Crippen LogP contribution < -0.4 is 5.32 Å². The number of methoxy groups -OCH3 is 1. The van der Waals surface area contributed by atoms with E-state index in [-0.39, 0.29) is 30.3 Å². The van der Waals surface area contributed by atoms with Gasteiger partial charge in [-0.15, -0.1) is 0 Å². The molecule has 7 nitrogen and oxygen atoms in total. The molecule has 0 aliphatic rings. The first-order chi connectivity index (χ1) is 12.9. The molecule has 0 bridgehead atoms. The lowest BCUT2D eigenvalue weighted by atomic mass is 10.2. The van der Waals surface area contributed by atoms with Crippen molar-refractivity contribution in [1.82, 2.24) is 9.88 Å². The Balaban J connectivity index is 1.98. The lowest BCUT2D eigenvalue weighted by Crippen LogP contribution is -2.31. The zero-order chi connectivity index (χ0) is 19.8. The fourth-order valence-electron chi connectivity index (χ4n) is 2.37. The second kappa shape index (κ2) is 9.68. The number of pyridine rings is 1. The molecule has 0 saturated carbocycles. The number of carbonyl (C=O) groups excluding carboxylic acids is 3. The van der Waals surface area contributed by atoms with Gasteiger partial charge < -0.3 is 15.0 Å². The van der Waals surface area contributed by atoms with Crippen molar-refractivity contribution in [2.75, 3.05) is 19.0 Å². The molecule has 142 valence electrons. The summed E-state index contributed by atoms with van der Waals surface area (Å²) >= 11 is 6.07. The van der Waals surface area contributed by atoms with Gasteiger partial charge in [0.25, 0.3) is 0 Å². The normalized spacial score (nSPS) is 10.2. The topological polar surface area (TPSA) is 88.6 Å². The van der Waals surface area contributed by atoms with E-state index in [0.717, 1.165) is 5.56 Å². The van der Waals surface area contributed by atoms with Gasteiger partial charge in [-0.3, -0.25) is 14.6 Å². The Morgan fingerprint density at radius 3 is 2.52 bits per heavy atom. The summed E-state index contributed by atoms with van der Waals surface area (Å²) in [5.74, 6) is -0.979.